The molecule has 4 nitrogen and oxygen atoms in total. The Morgan fingerprint density at radius 3 is 2.82 bits per heavy atom. The smallest absolute Gasteiger partial charge is 0.198 e. The van der Waals surface area contributed by atoms with Gasteiger partial charge in [-0.15, -0.1) is 0 Å². The lowest BCUT2D eigenvalue weighted by molar-refractivity contribution is 0.240. The summed E-state index contributed by atoms with van der Waals surface area (Å²) in [6.07, 6.45) is 2.36. The molecule has 3 rings (SSSR count). The molecule has 1 aromatic heterocycles. The van der Waals surface area contributed by atoms with Gasteiger partial charge in [0.25, 0.3) is 0 Å². The number of nitrogens with zero attached hydrogens (tertiary/aromatic N) is 4. The first kappa shape index (κ1) is 15.6. The molecule has 1 aliphatic carbocycles. The van der Waals surface area contributed by atoms with Crippen molar-refractivity contribution in [1.82, 2.24) is 19.2 Å². The van der Waals surface area contributed by atoms with E-state index in [0.29, 0.717) is 34.5 Å². The second-order valence-corrected chi connectivity index (χ2v) is 6.60. The molecule has 1 aromatic carbocycles. The van der Waals surface area contributed by atoms with Crippen LogP contribution in [0.1, 0.15) is 30.1 Å². The van der Waals surface area contributed by atoms with E-state index in [1.165, 1.54) is 18.9 Å². The van der Waals surface area contributed by atoms with E-state index < -0.39 is 0 Å². The Kier molecular flexibility index (Phi) is 4.34. The maximum absolute atomic E-state index is 13.9. The van der Waals surface area contributed by atoms with E-state index in [1.807, 2.05) is 23.6 Å². The predicted octanol–water partition coefficient (Wildman–Crippen LogP) is 3.71. The van der Waals surface area contributed by atoms with Crippen LogP contribution in [0.2, 0.25) is 5.02 Å². The zero-order valence-electron chi connectivity index (χ0n) is 12.6. The van der Waals surface area contributed by atoms with E-state index in [2.05, 4.69) is 5.10 Å². The van der Waals surface area contributed by atoms with Crippen LogP contribution in [0.25, 0.3) is 0 Å². The molecule has 0 radical (unpaired) electrons. The normalized spacial score (nSPS) is 14.8. The summed E-state index contributed by atoms with van der Waals surface area (Å²) in [5, 5.41) is 5.04. The molecule has 0 unspecified atom stereocenters. The number of halogens is 2. The lowest BCUT2D eigenvalue weighted by Crippen LogP contribution is -2.23. The number of hydrogen-bond donors (Lipinski definition) is 0. The fourth-order valence-corrected chi connectivity index (χ4v) is 2.94. The van der Waals surface area contributed by atoms with Crippen molar-refractivity contribution in [3.8, 4) is 0 Å². The highest BCUT2D eigenvalue weighted by Crippen LogP contribution is 2.38. The van der Waals surface area contributed by atoms with Gasteiger partial charge in [-0.25, -0.2) is 9.07 Å². The van der Waals surface area contributed by atoms with Crippen LogP contribution < -0.4 is 0 Å². The predicted molar refractivity (Wildman–Crippen MR) is 86.9 cm³/mol. The van der Waals surface area contributed by atoms with Gasteiger partial charge in [-0.2, -0.15) is 5.10 Å². The summed E-state index contributed by atoms with van der Waals surface area (Å²) in [5.41, 5.74) is 0.497. The summed E-state index contributed by atoms with van der Waals surface area (Å²) in [6.45, 7) is 0.909. The molecule has 0 atom stereocenters. The molecule has 0 N–H and O–H groups in total. The van der Waals surface area contributed by atoms with Crippen molar-refractivity contribution in [3.05, 3.63) is 45.2 Å². The molecule has 0 saturated heterocycles. The Morgan fingerprint density at radius 2 is 2.18 bits per heavy atom. The minimum absolute atomic E-state index is 0.289. The quantitative estimate of drug-likeness (QED) is 0.776. The SMILES string of the molecule is CN(Cc1c(F)cccc1Cl)Cn1nc(C2CC2)n(C)c1=S. The topological polar surface area (TPSA) is 26.0 Å². The Hall–Kier alpha value is -1.24. The zero-order valence-corrected chi connectivity index (χ0v) is 14.2. The van der Waals surface area contributed by atoms with Crippen molar-refractivity contribution in [1.29, 1.82) is 0 Å². The van der Waals surface area contributed by atoms with Gasteiger partial charge in [-0.3, -0.25) is 4.90 Å². The van der Waals surface area contributed by atoms with Gasteiger partial charge in [0.05, 0.1) is 6.67 Å². The van der Waals surface area contributed by atoms with Crippen molar-refractivity contribution < 1.29 is 4.39 Å². The molecule has 0 amide bonds. The van der Waals surface area contributed by atoms with Gasteiger partial charge in [0.15, 0.2) is 4.77 Å². The van der Waals surface area contributed by atoms with Gasteiger partial charge in [-0.05, 0) is 44.2 Å². The first-order valence-electron chi connectivity index (χ1n) is 7.22. The van der Waals surface area contributed by atoms with Crippen molar-refractivity contribution in [3.63, 3.8) is 0 Å². The van der Waals surface area contributed by atoms with Gasteiger partial charge in [0.1, 0.15) is 11.6 Å². The Balaban J connectivity index is 1.76. The monoisotopic (exact) mass is 340 g/mol. The fraction of sp³-hybridized carbons (Fsp3) is 0.467. The average Bonchev–Trinajstić information content (AvgIpc) is 3.26. The summed E-state index contributed by atoms with van der Waals surface area (Å²) in [4.78, 5) is 1.95. The van der Waals surface area contributed by atoms with Gasteiger partial charge in [0, 0.05) is 30.1 Å². The van der Waals surface area contributed by atoms with E-state index in [1.54, 1.807) is 16.8 Å². The van der Waals surface area contributed by atoms with Crippen LogP contribution in [0.15, 0.2) is 18.2 Å². The number of hydrogen-bond acceptors (Lipinski definition) is 3. The lowest BCUT2D eigenvalue weighted by atomic mass is 10.2. The lowest BCUT2D eigenvalue weighted by Gasteiger charge is -2.17. The highest BCUT2D eigenvalue weighted by molar-refractivity contribution is 7.71. The van der Waals surface area contributed by atoms with Gasteiger partial charge < -0.3 is 4.57 Å². The summed E-state index contributed by atoms with van der Waals surface area (Å²) < 4.78 is 18.3. The van der Waals surface area contributed by atoms with Crippen LogP contribution >= 0.6 is 23.8 Å². The largest absolute Gasteiger partial charge is 0.307 e. The molecule has 0 spiro atoms. The molecule has 2 aromatic rings. The molecule has 7 heteroatoms. The second kappa shape index (κ2) is 6.10. The summed E-state index contributed by atoms with van der Waals surface area (Å²) in [7, 11) is 3.85. The van der Waals surface area contributed by atoms with E-state index in [0.717, 1.165) is 5.82 Å². The molecule has 1 aliphatic rings. The fourth-order valence-electron chi connectivity index (χ4n) is 2.53. The van der Waals surface area contributed by atoms with Gasteiger partial charge in [0.2, 0.25) is 0 Å². The molecule has 1 fully saturated rings. The molecule has 118 valence electrons. The first-order chi connectivity index (χ1) is 10.5. The number of benzene rings is 1. The third-order valence-electron chi connectivity index (χ3n) is 3.88. The van der Waals surface area contributed by atoms with Crippen LogP contribution in [0, 0.1) is 10.6 Å². The zero-order chi connectivity index (χ0) is 15.9. The molecular weight excluding hydrogens is 323 g/mol. The second-order valence-electron chi connectivity index (χ2n) is 5.83. The Morgan fingerprint density at radius 1 is 1.45 bits per heavy atom. The van der Waals surface area contributed by atoms with Crippen molar-refractivity contribution in [2.24, 2.45) is 7.05 Å². The molecule has 0 bridgehead atoms. The van der Waals surface area contributed by atoms with E-state index in [4.69, 9.17) is 23.8 Å². The van der Waals surface area contributed by atoms with Crippen molar-refractivity contribution in [2.75, 3.05) is 7.05 Å². The van der Waals surface area contributed by atoms with E-state index in [-0.39, 0.29) is 5.82 Å². The van der Waals surface area contributed by atoms with Crippen LogP contribution in [-0.2, 0) is 20.3 Å². The summed E-state index contributed by atoms with van der Waals surface area (Å²) in [5.74, 6) is 1.30. The van der Waals surface area contributed by atoms with Crippen LogP contribution in [0.5, 0.6) is 0 Å². The Bertz CT molecular complexity index is 730. The molecule has 1 saturated carbocycles. The maximum atomic E-state index is 13.9. The minimum Gasteiger partial charge on any atom is -0.307 e. The number of rotatable bonds is 5. The van der Waals surface area contributed by atoms with Gasteiger partial charge in [-0.1, -0.05) is 17.7 Å². The standard InChI is InChI=1S/C15H18ClFN4S/c1-19(8-11-12(16)4-3-5-13(11)17)9-21-15(22)20(2)14(18-21)10-6-7-10/h3-5,10H,6-9H2,1-2H3. The molecule has 22 heavy (non-hydrogen) atoms. The highest BCUT2D eigenvalue weighted by Gasteiger charge is 2.29. The summed E-state index contributed by atoms with van der Waals surface area (Å²) in [6, 6.07) is 4.73. The highest BCUT2D eigenvalue weighted by atomic mass is 35.5. The average molecular weight is 341 g/mol. The third kappa shape index (κ3) is 3.09. The molecule has 1 heterocycles. The molecule has 0 aliphatic heterocycles. The first-order valence-corrected chi connectivity index (χ1v) is 8.01. The van der Waals surface area contributed by atoms with E-state index in [9.17, 15) is 4.39 Å². The third-order valence-corrected chi connectivity index (χ3v) is 4.72. The van der Waals surface area contributed by atoms with E-state index >= 15 is 0 Å². The minimum atomic E-state index is -0.289. The van der Waals surface area contributed by atoms with Crippen LogP contribution in [0.4, 0.5) is 4.39 Å². The van der Waals surface area contributed by atoms with Crippen molar-refractivity contribution in [2.45, 2.75) is 32.0 Å². The van der Waals surface area contributed by atoms with Gasteiger partial charge >= 0.3 is 0 Å². The maximum Gasteiger partial charge on any atom is 0.198 e. The van der Waals surface area contributed by atoms with Crippen LogP contribution in [-0.4, -0.2) is 26.3 Å². The number of aromatic nitrogens is 3. The molecular formula is C15H18ClFN4S. The van der Waals surface area contributed by atoms with Crippen LogP contribution in [0.3, 0.4) is 0 Å². The van der Waals surface area contributed by atoms with Crippen molar-refractivity contribution >= 4 is 23.8 Å². The Labute approximate surface area is 139 Å². The summed E-state index contributed by atoms with van der Waals surface area (Å²) >= 11 is 11.5.